The molecular formula is C30H26O2. The lowest BCUT2D eigenvalue weighted by molar-refractivity contribution is -0.129. The Hall–Kier alpha value is -3.52. The third-order valence-electron chi connectivity index (χ3n) is 7.18. The van der Waals surface area contributed by atoms with Crippen LogP contribution in [0.15, 0.2) is 96.6 Å². The molecule has 3 atom stereocenters. The fourth-order valence-electron chi connectivity index (χ4n) is 5.61. The third kappa shape index (κ3) is 2.86. The van der Waals surface area contributed by atoms with Gasteiger partial charge in [-0.3, -0.25) is 9.59 Å². The van der Waals surface area contributed by atoms with E-state index >= 15 is 0 Å². The number of rotatable bonds is 2. The highest BCUT2D eigenvalue weighted by Crippen LogP contribution is 2.53. The summed E-state index contributed by atoms with van der Waals surface area (Å²) in [4.78, 5) is 28.0. The smallest absolute Gasteiger partial charge is 0.174 e. The van der Waals surface area contributed by atoms with Crippen LogP contribution >= 0.6 is 0 Å². The van der Waals surface area contributed by atoms with Gasteiger partial charge in [0.1, 0.15) is 5.78 Å². The molecule has 0 bridgehead atoms. The molecule has 0 aliphatic heterocycles. The van der Waals surface area contributed by atoms with Crippen molar-refractivity contribution in [3.05, 3.63) is 119 Å². The van der Waals surface area contributed by atoms with Gasteiger partial charge < -0.3 is 0 Å². The summed E-state index contributed by atoms with van der Waals surface area (Å²) in [5.74, 6) is -0.642. The first-order valence-electron chi connectivity index (χ1n) is 11.2. The summed E-state index contributed by atoms with van der Waals surface area (Å²) in [7, 11) is 0. The van der Waals surface area contributed by atoms with Crippen molar-refractivity contribution in [3.63, 3.8) is 0 Å². The second kappa shape index (κ2) is 7.56. The minimum absolute atomic E-state index is 0.0357. The molecule has 2 aliphatic rings. The van der Waals surface area contributed by atoms with Crippen molar-refractivity contribution in [2.45, 2.75) is 26.2 Å². The predicted molar refractivity (Wildman–Crippen MR) is 129 cm³/mol. The summed E-state index contributed by atoms with van der Waals surface area (Å²) >= 11 is 0. The maximum Gasteiger partial charge on any atom is 0.174 e. The number of allylic oxidation sites excluding steroid dienone is 3. The number of carbonyl (C=O) groups is 2. The summed E-state index contributed by atoms with van der Waals surface area (Å²) in [6.07, 6.45) is 2.08. The highest BCUT2D eigenvalue weighted by molar-refractivity contribution is 6.31. The van der Waals surface area contributed by atoms with Crippen LogP contribution in [0.4, 0.5) is 0 Å². The van der Waals surface area contributed by atoms with Crippen LogP contribution in [0.5, 0.6) is 0 Å². The van der Waals surface area contributed by atoms with Crippen molar-refractivity contribution >= 4 is 22.7 Å². The number of ketones is 2. The van der Waals surface area contributed by atoms with Crippen LogP contribution < -0.4 is 0 Å². The van der Waals surface area contributed by atoms with Crippen molar-refractivity contribution in [2.75, 3.05) is 0 Å². The fourth-order valence-corrected chi connectivity index (χ4v) is 5.61. The zero-order valence-electron chi connectivity index (χ0n) is 18.6. The fraction of sp³-hybridized carbons (Fsp3) is 0.200. The monoisotopic (exact) mass is 418 g/mol. The van der Waals surface area contributed by atoms with E-state index in [9.17, 15) is 9.59 Å². The average molecular weight is 419 g/mol. The van der Waals surface area contributed by atoms with E-state index in [2.05, 4.69) is 24.3 Å². The quantitative estimate of drug-likeness (QED) is 0.492. The molecule has 0 spiro atoms. The highest BCUT2D eigenvalue weighted by atomic mass is 16.1. The second-order valence-corrected chi connectivity index (χ2v) is 9.07. The maximum atomic E-state index is 14.2. The summed E-state index contributed by atoms with van der Waals surface area (Å²) in [5, 5.41) is 0. The minimum atomic E-state index is -0.939. The van der Waals surface area contributed by atoms with Crippen molar-refractivity contribution in [2.24, 2.45) is 11.8 Å². The lowest BCUT2D eigenvalue weighted by atomic mass is 9.64. The first-order valence-corrected chi connectivity index (χ1v) is 11.2. The normalized spacial score (nSPS) is 26.7. The van der Waals surface area contributed by atoms with Gasteiger partial charge in [0.05, 0.1) is 11.3 Å². The van der Waals surface area contributed by atoms with Crippen molar-refractivity contribution in [1.82, 2.24) is 0 Å². The van der Waals surface area contributed by atoms with E-state index in [4.69, 9.17) is 0 Å². The van der Waals surface area contributed by atoms with Gasteiger partial charge in [-0.1, -0.05) is 104 Å². The Morgan fingerprint density at radius 2 is 1.31 bits per heavy atom. The topological polar surface area (TPSA) is 34.1 Å². The van der Waals surface area contributed by atoms with Gasteiger partial charge in [-0.25, -0.2) is 0 Å². The zero-order chi connectivity index (χ0) is 22.5. The van der Waals surface area contributed by atoms with Gasteiger partial charge in [-0.15, -0.1) is 0 Å². The molecule has 32 heavy (non-hydrogen) atoms. The molecule has 0 saturated carbocycles. The van der Waals surface area contributed by atoms with Crippen LogP contribution in [-0.2, 0) is 15.0 Å². The molecule has 158 valence electrons. The Bertz CT molecular complexity index is 1280. The predicted octanol–water partition coefficient (Wildman–Crippen LogP) is 6.27. The van der Waals surface area contributed by atoms with E-state index in [-0.39, 0.29) is 17.5 Å². The van der Waals surface area contributed by atoms with E-state index in [1.165, 1.54) is 0 Å². The Labute approximate surface area is 189 Å². The first-order chi connectivity index (χ1) is 15.4. The zero-order valence-corrected chi connectivity index (χ0v) is 18.6. The van der Waals surface area contributed by atoms with E-state index in [1.807, 2.05) is 87.5 Å². The standard InChI is InChI=1S/C30H26O2/c1-19-18-24(21-12-6-4-7-13-21)23-16-10-11-17-25(23)30(3)27(28(19)31)20(2)26(29(30)32)22-14-8-5-9-15-22/h4-19,27H,1-3H3/b24-18-/t19-,27+,30-/m1/s1. The Kier molecular flexibility index (Phi) is 4.82. The number of hydrogen-bond donors (Lipinski definition) is 0. The summed E-state index contributed by atoms with van der Waals surface area (Å²) in [6.45, 7) is 5.89. The number of carbonyl (C=O) groups excluding carboxylic acids is 2. The molecule has 5 rings (SSSR count). The highest BCUT2D eigenvalue weighted by Gasteiger charge is 2.56. The van der Waals surface area contributed by atoms with Gasteiger partial charge in [0.25, 0.3) is 0 Å². The van der Waals surface area contributed by atoms with Crippen molar-refractivity contribution in [3.8, 4) is 0 Å². The Balaban J connectivity index is 1.80. The summed E-state index contributed by atoms with van der Waals surface area (Å²) in [6, 6.07) is 28.0. The van der Waals surface area contributed by atoms with E-state index in [0.717, 1.165) is 33.4 Å². The average Bonchev–Trinajstić information content (AvgIpc) is 3.02. The van der Waals surface area contributed by atoms with Crippen molar-refractivity contribution in [1.29, 1.82) is 0 Å². The number of hydrogen-bond acceptors (Lipinski definition) is 2. The van der Waals surface area contributed by atoms with Crippen LogP contribution in [0.25, 0.3) is 11.1 Å². The first kappa shape index (κ1) is 20.4. The van der Waals surface area contributed by atoms with E-state index < -0.39 is 11.3 Å². The van der Waals surface area contributed by atoms with Crippen LogP contribution in [0, 0.1) is 11.8 Å². The molecule has 0 unspecified atom stereocenters. The summed E-state index contributed by atoms with van der Waals surface area (Å²) in [5.41, 5.74) is 5.54. The van der Waals surface area contributed by atoms with E-state index in [0.29, 0.717) is 5.57 Å². The lowest BCUT2D eigenvalue weighted by Crippen LogP contribution is -2.43. The molecule has 0 aromatic heterocycles. The van der Waals surface area contributed by atoms with Crippen LogP contribution in [0.3, 0.4) is 0 Å². The minimum Gasteiger partial charge on any atom is -0.298 e. The lowest BCUT2D eigenvalue weighted by Gasteiger charge is -2.36. The van der Waals surface area contributed by atoms with Gasteiger partial charge >= 0.3 is 0 Å². The van der Waals surface area contributed by atoms with Crippen molar-refractivity contribution < 1.29 is 9.59 Å². The molecule has 0 fully saturated rings. The molecule has 2 nitrogen and oxygen atoms in total. The molecule has 0 radical (unpaired) electrons. The molecule has 0 N–H and O–H groups in total. The molecule has 3 aromatic carbocycles. The molecule has 0 saturated heterocycles. The molecule has 3 aromatic rings. The summed E-state index contributed by atoms with van der Waals surface area (Å²) < 4.78 is 0. The van der Waals surface area contributed by atoms with Crippen LogP contribution in [0.2, 0.25) is 0 Å². The Morgan fingerprint density at radius 3 is 1.97 bits per heavy atom. The van der Waals surface area contributed by atoms with Gasteiger partial charge in [0.15, 0.2) is 5.78 Å². The van der Waals surface area contributed by atoms with Crippen LogP contribution in [0.1, 0.15) is 43.0 Å². The molecular weight excluding hydrogens is 392 g/mol. The molecule has 2 heteroatoms. The van der Waals surface area contributed by atoms with Crippen LogP contribution in [-0.4, -0.2) is 11.6 Å². The van der Waals surface area contributed by atoms with Gasteiger partial charge in [-0.2, -0.15) is 0 Å². The SMILES string of the molecule is CC1=C(c2ccccc2)C(=O)[C@]2(C)c3ccccc3/C(c3ccccc3)=C\[C@@H](C)C(=O)[C@H]12. The number of Topliss-reactive ketones (excluding diaryl/α,β-unsaturated/α-hetero) is 2. The van der Waals surface area contributed by atoms with Gasteiger partial charge in [0.2, 0.25) is 0 Å². The Morgan fingerprint density at radius 1 is 0.750 bits per heavy atom. The molecule has 2 aliphatic carbocycles. The third-order valence-corrected chi connectivity index (χ3v) is 7.18. The largest absolute Gasteiger partial charge is 0.298 e. The second-order valence-electron chi connectivity index (χ2n) is 9.07. The molecule has 0 amide bonds. The number of benzene rings is 3. The maximum absolute atomic E-state index is 14.2. The number of fused-ring (bicyclic) bond motifs is 3. The van der Waals surface area contributed by atoms with Gasteiger partial charge in [-0.05, 0) is 41.7 Å². The molecule has 0 heterocycles. The van der Waals surface area contributed by atoms with E-state index in [1.54, 1.807) is 0 Å². The van der Waals surface area contributed by atoms with Gasteiger partial charge in [0, 0.05) is 11.5 Å².